The normalized spacial score (nSPS) is 10.1. The summed E-state index contributed by atoms with van der Waals surface area (Å²) < 4.78 is 6.77. The van der Waals surface area contributed by atoms with E-state index in [2.05, 4.69) is 10.1 Å². The van der Waals surface area contributed by atoms with Crippen LogP contribution < -0.4 is 11.4 Å². The van der Waals surface area contributed by atoms with Crippen LogP contribution in [0.3, 0.4) is 0 Å². The maximum absolute atomic E-state index is 12.2. The first kappa shape index (κ1) is 15.0. The van der Waals surface area contributed by atoms with Crippen molar-refractivity contribution >= 4 is 16.9 Å². The van der Waals surface area contributed by atoms with Crippen molar-refractivity contribution in [2.24, 2.45) is 5.73 Å². The van der Waals surface area contributed by atoms with Gasteiger partial charge in [0.05, 0.1) is 17.1 Å². The van der Waals surface area contributed by atoms with E-state index in [1.54, 1.807) is 31.2 Å². The SMILES string of the molecule is Cc1nn(-c2ccccc2)c2oc(=O)c(C(N)=C(C#N)C#N)nc12. The Labute approximate surface area is 135 Å². The standard InChI is InChI=1S/C16H10N6O2/c1-9-13-15(22(21-9)11-5-3-2-4-6-11)24-16(23)14(20-13)12(19)10(7-17)8-18/h2-6H,19H2,1H3. The molecule has 116 valence electrons. The number of aryl methyl sites for hydroxylation is 1. The van der Waals surface area contributed by atoms with Crippen LogP contribution in [-0.4, -0.2) is 14.8 Å². The Hall–Kier alpha value is -3.91. The van der Waals surface area contributed by atoms with Gasteiger partial charge in [0.1, 0.15) is 17.7 Å². The zero-order valence-corrected chi connectivity index (χ0v) is 12.5. The minimum absolute atomic E-state index is 0.163. The third-order valence-corrected chi connectivity index (χ3v) is 3.34. The van der Waals surface area contributed by atoms with E-state index in [4.69, 9.17) is 20.7 Å². The van der Waals surface area contributed by atoms with Crippen molar-refractivity contribution < 1.29 is 4.42 Å². The van der Waals surface area contributed by atoms with Gasteiger partial charge in [0.15, 0.2) is 11.3 Å². The fraction of sp³-hybridized carbons (Fsp3) is 0.0625. The maximum atomic E-state index is 12.2. The number of fused-ring (bicyclic) bond motifs is 1. The number of hydrogen-bond acceptors (Lipinski definition) is 7. The van der Waals surface area contributed by atoms with Gasteiger partial charge in [-0.1, -0.05) is 18.2 Å². The van der Waals surface area contributed by atoms with Crippen LogP contribution in [0.4, 0.5) is 0 Å². The molecule has 0 amide bonds. The molecule has 2 heterocycles. The van der Waals surface area contributed by atoms with Crippen LogP contribution >= 0.6 is 0 Å². The van der Waals surface area contributed by atoms with Crippen molar-refractivity contribution in [3.05, 3.63) is 57.7 Å². The van der Waals surface area contributed by atoms with Crippen LogP contribution in [0, 0.1) is 29.6 Å². The monoisotopic (exact) mass is 318 g/mol. The van der Waals surface area contributed by atoms with Gasteiger partial charge in [-0.3, -0.25) is 0 Å². The van der Waals surface area contributed by atoms with Gasteiger partial charge in [-0.15, -0.1) is 0 Å². The summed E-state index contributed by atoms with van der Waals surface area (Å²) in [6.45, 7) is 1.70. The molecule has 0 aliphatic carbocycles. The van der Waals surface area contributed by atoms with Crippen molar-refractivity contribution in [3.63, 3.8) is 0 Å². The molecule has 0 spiro atoms. The Balaban J connectivity index is 2.31. The van der Waals surface area contributed by atoms with E-state index >= 15 is 0 Å². The molecule has 0 saturated carbocycles. The molecule has 0 bridgehead atoms. The molecular weight excluding hydrogens is 308 g/mol. The zero-order chi connectivity index (χ0) is 17.3. The molecule has 24 heavy (non-hydrogen) atoms. The predicted octanol–water partition coefficient (Wildman–Crippen LogP) is 1.40. The van der Waals surface area contributed by atoms with Crippen LogP contribution in [0.25, 0.3) is 22.6 Å². The van der Waals surface area contributed by atoms with Crippen molar-refractivity contribution in [2.75, 3.05) is 0 Å². The average molecular weight is 318 g/mol. The predicted molar refractivity (Wildman–Crippen MR) is 84.5 cm³/mol. The summed E-state index contributed by atoms with van der Waals surface area (Å²) in [6, 6.07) is 12.4. The van der Waals surface area contributed by atoms with Crippen LogP contribution in [0.15, 0.2) is 45.1 Å². The zero-order valence-electron chi connectivity index (χ0n) is 12.5. The molecule has 0 atom stereocenters. The number of hydrogen-bond donors (Lipinski definition) is 1. The second-order valence-electron chi connectivity index (χ2n) is 4.85. The van der Waals surface area contributed by atoms with Crippen LogP contribution in [-0.2, 0) is 0 Å². The maximum Gasteiger partial charge on any atom is 0.366 e. The lowest BCUT2D eigenvalue weighted by Crippen LogP contribution is -2.15. The highest BCUT2D eigenvalue weighted by molar-refractivity contribution is 5.77. The molecule has 0 aliphatic heterocycles. The van der Waals surface area contributed by atoms with E-state index < -0.39 is 11.2 Å². The highest BCUT2D eigenvalue weighted by atomic mass is 16.4. The van der Waals surface area contributed by atoms with Crippen molar-refractivity contribution in [2.45, 2.75) is 6.92 Å². The van der Waals surface area contributed by atoms with Crippen molar-refractivity contribution in [3.8, 4) is 17.8 Å². The molecule has 2 aromatic heterocycles. The number of nitrogens with two attached hydrogens (primary N) is 1. The van der Waals surface area contributed by atoms with Gasteiger partial charge in [0.25, 0.3) is 5.71 Å². The van der Waals surface area contributed by atoms with Gasteiger partial charge in [-0.2, -0.15) is 20.3 Å². The summed E-state index contributed by atoms with van der Waals surface area (Å²) in [5, 5.41) is 22.1. The van der Waals surface area contributed by atoms with E-state index in [0.29, 0.717) is 16.9 Å². The highest BCUT2D eigenvalue weighted by Gasteiger charge is 2.19. The number of rotatable bonds is 2. The molecule has 0 unspecified atom stereocenters. The molecule has 3 rings (SSSR count). The van der Waals surface area contributed by atoms with E-state index in [0.717, 1.165) is 0 Å². The van der Waals surface area contributed by atoms with Gasteiger partial charge in [-0.25, -0.2) is 9.78 Å². The molecule has 0 fully saturated rings. The smallest absolute Gasteiger partial charge is 0.366 e. The Bertz CT molecular complexity index is 1090. The third kappa shape index (κ3) is 2.28. The van der Waals surface area contributed by atoms with Gasteiger partial charge in [-0.05, 0) is 19.1 Å². The summed E-state index contributed by atoms with van der Waals surface area (Å²) in [4.78, 5) is 16.4. The first-order valence-electron chi connectivity index (χ1n) is 6.83. The third-order valence-electron chi connectivity index (χ3n) is 3.34. The summed E-state index contributed by atoms with van der Waals surface area (Å²) in [6.07, 6.45) is 0. The lowest BCUT2D eigenvalue weighted by molar-refractivity contribution is 0.527. The van der Waals surface area contributed by atoms with Gasteiger partial charge >= 0.3 is 5.63 Å². The molecule has 0 radical (unpaired) electrons. The van der Waals surface area contributed by atoms with Gasteiger partial charge in [0, 0.05) is 0 Å². The molecule has 0 saturated heterocycles. The van der Waals surface area contributed by atoms with E-state index in [9.17, 15) is 4.79 Å². The van der Waals surface area contributed by atoms with E-state index in [1.807, 2.05) is 18.2 Å². The fourth-order valence-corrected chi connectivity index (χ4v) is 2.19. The Morgan fingerprint density at radius 3 is 2.54 bits per heavy atom. The Kier molecular flexibility index (Phi) is 3.57. The largest absolute Gasteiger partial charge is 0.400 e. The molecule has 1 aromatic carbocycles. The van der Waals surface area contributed by atoms with E-state index in [-0.39, 0.29) is 17.1 Å². The quantitative estimate of drug-likeness (QED) is 0.705. The van der Waals surface area contributed by atoms with Crippen LogP contribution in [0.1, 0.15) is 11.4 Å². The Morgan fingerprint density at radius 1 is 1.25 bits per heavy atom. The topological polar surface area (TPSA) is 135 Å². The van der Waals surface area contributed by atoms with E-state index in [1.165, 1.54) is 4.68 Å². The van der Waals surface area contributed by atoms with Crippen molar-refractivity contribution in [1.82, 2.24) is 14.8 Å². The molecular formula is C16H10N6O2. The van der Waals surface area contributed by atoms with Gasteiger partial charge < -0.3 is 10.2 Å². The first-order chi connectivity index (χ1) is 11.6. The summed E-state index contributed by atoms with van der Waals surface area (Å²) in [5.74, 6) is 0. The van der Waals surface area contributed by atoms with Gasteiger partial charge in [0.2, 0.25) is 0 Å². The molecule has 2 N–H and O–H groups in total. The molecule has 8 heteroatoms. The second-order valence-corrected chi connectivity index (χ2v) is 4.85. The fourth-order valence-electron chi connectivity index (χ4n) is 2.19. The number of benzene rings is 1. The number of nitriles is 2. The molecule has 3 aromatic rings. The van der Waals surface area contributed by atoms with Crippen LogP contribution in [0.5, 0.6) is 0 Å². The minimum Gasteiger partial charge on any atom is -0.400 e. The number of allylic oxidation sites excluding steroid dienone is 1. The number of aromatic nitrogens is 3. The number of nitrogens with zero attached hydrogens (tertiary/aromatic N) is 5. The Morgan fingerprint density at radius 2 is 1.92 bits per heavy atom. The van der Waals surface area contributed by atoms with Crippen LogP contribution in [0.2, 0.25) is 0 Å². The number of para-hydroxylation sites is 1. The molecule has 8 nitrogen and oxygen atoms in total. The minimum atomic E-state index is -0.847. The highest BCUT2D eigenvalue weighted by Crippen LogP contribution is 2.20. The summed E-state index contributed by atoms with van der Waals surface area (Å²) in [5.41, 5.74) is 5.56. The lowest BCUT2D eigenvalue weighted by Gasteiger charge is -2.02. The average Bonchev–Trinajstić information content (AvgIpc) is 2.92. The van der Waals surface area contributed by atoms with Crippen molar-refractivity contribution in [1.29, 1.82) is 10.5 Å². The first-order valence-corrected chi connectivity index (χ1v) is 6.83. The summed E-state index contributed by atoms with van der Waals surface area (Å²) >= 11 is 0. The lowest BCUT2D eigenvalue weighted by atomic mass is 10.2. The molecule has 0 aliphatic rings. The second kappa shape index (κ2) is 5.71. The summed E-state index contributed by atoms with van der Waals surface area (Å²) in [7, 11) is 0.